The molecule has 0 aliphatic carbocycles. The Bertz CT molecular complexity index is 922. The van der Waals surface area contributed by atoms with Crippen LogP contribution in [0.4, 0.5) is 5.00 Å². The second-order valence-corrected chi connectivity index (χ2v) is 7.05. The van der Waals surface area contributed by atoms with Gasteiger partial charge in [-0.25, -0.2) is 0 Å². The smallest absolute Gasteiger partial charge is 0.326 e. The van der Waals surface area contributed by atoms with Crippen molar-refractivity contribution >= 4 is 40.0 Å². The van der Waals surface area contributed by atoms with E-state index in [1.165, 1.54) is 13.0 Å². The van der Waals surface area contributed by atoms with Crippen LogP contribution in [0.25, 0.3) is 0 Å². The van der Waals surface area contributed by atoms with Crippen molar-refractivity contribution in [3.05, 3.63) is 51.9 Å². The largest absolute Gasteiger partial charge is 0.451 e. The number of esters is 1. The highest BCUT2D eigenvalue weighted by atomic mass is 32.1. The maximum Gasteiger partial charge on any atom is 0.326 e. The predicted molar refractivity (Wildman–Crippen MR) is 105 cm³/mol. The Morgan fingerprint density at radius 1 is 1.14 bits per heavy atom. The van der Waals surface area contributed by atoms with Crippen LogP contribution in [0.15, 0.2) is 29.6 Å². The first-order valence-corrected chi connectivity index (χ1v) is 9.30. The molecule has 1 unspecified atom stereocenters. The second kappa shape index (κ2) is 9.14. The van der Waals surface area contributed by atoms with Gasteiger partial charge in [0.25, 0.3) is 17.7 Å². The Morgan fingerprint density at radius 2 is 1.86 bits per heavy atom. The molecule has 1 atom stereocenters. The van der Waals surface area contributed by atoms with Gasteiger partial charge in [-0.3, -0.25) is 19.2 Å². The van der Waals surface area contributed by atoms with Crippen LogP contribution in [-0.2, 0) is 14.3 Å². The molecule has 0 saturated carbocycles. The Hall–Kier alpha value is -3.20. The van der Waals surface area contributed by atoms with Crippen molar-refractivity contribution in [2.75, 3.05) is 11.9 Å². The van der Waals surface area contributed by atoms with Crippen LogP contribution in [0.5, 0.6) is 0 Å². The highest BCUT2D eigenvalue weighted by Gasteiger charge is 2.21. The number of primary amides is 1. The van der Waals surface area contributed by atoms with E-state index in [0.717, 1.165) is 22.5 Å². The lowest BCUT2D eigenvalue weighted by Crippen LogP contribution is -2.36. The van der Waals surface area contributed by atoms with Gasteiger partial charge in [-0.2, -0.15) is 0 Å². The van der Waals surface area contributed by atoms with Gasteiger partial charge in [0.1, 0.15) is 11.5 Å². The summed E-state index contributed by atoms with van der Waals surface area (Å²) in [5.74, 6) is -2.46. The zero-order valence-electron chi connectivity index (χ0n) is 15.7. The van der Waals surface area contributed by atoms with Crippen LogP contribution >= 0.6 is 11.3 Å². The lowest BCUT2D eigenvalue weighted by Gasteiger charge is -2.14. The Morgan fingerprint density at radius 3 is 2.50 bits per heavy atom. The molecule has 1 heterocycles. The number of carbonyl (C=O) groups excluding carboxylic acids is 4. The average molecular weight is 403 g/mol. The lowest BCUT2D eigenvalue weighted by molar-refractivity contribution is -0.152. The molecule has 0 spiro atoms. The molecule has 3 amide bonds. The standard InChI is InChI=1S/C19H21N3O5S/c1-10-4-5-13(8-11(10)2)18(26)21-9-15(23)27-12(3)17(25)22-19-14(16(20)24)6-7-28-19/h4-8,12H,9H2,1-3H3,(H2,20,24)(H,21,26)(H,22,25). The van der Waals surface area contributed by atoms with E-state index < -0.39 is 29.8 Å². The summed E-state index contributed by atoms with van der Waals surface area (Å²) in [7, 11) is 0. The number of carbonyl (C=O) groups is 4. The molecule has 0 aliphatic heterocycles. The summed E-state index contributed by atoms with van der Waals surface area (Å²) in [6.45, 7) is 4.83. The number of rotatable bonds is 7. The van der Waals surface area contributed by atoms with Gasteiger partial charge in [0.2, 0.25) is 0 Å². The van der Waals surface area contributed by atoms with Crippen LogP contribution in [0, 0.1) is 13.8 Å². The summed E-state index contributed by atoms with van der Waals surface area (Å²) in [6.07, 6.45) is -1.12. The van der Waals surface area contributed by atoms with E-state index >= 15 is 0 Å². The highest BCUT2D eigenvalue weighted by Crippen LogP contribution is 2.22. The topological polar surface area (TPSA) is 128 Å². The molecule has 0 fully saturated rings. The molecule has 2 aromatic rings. The Kier molecular flexibility index (Phi) is 6.89. The normalized spacial score (nSPS) is 11.4. The number of anilines is 1. The third-order valence-corrected chi connectivity index (χ3v) is 4.84. The quantitative estimate of drug-likeness (QED) is 0.607. The Balaban J connectivity index is 1.85. The van der Waals surface area contributed by atoms with E-state index in [1.54, 1.807) is 17.5 Å². The summed E-state index contributed by atoms with van der Waals surface area (Å²) < 4.78 is 5.01. The van der Waals surface area contributed by atoms with Gasteiger partial charge in [0, 0.05) is 5.56 Å². The monoisotopic (exact) mass is 403 g/mol. The van der Waals surface area contributed by atoms with E-state index in [0.29, 0.717) is 5.56 Å². The van der Waals surface area contributed by atoms with Crippen LogP contribution in [0.1, 0.15) is 38.8 Å². The van der Waals surface area contributed by atoms with Gasteiger partial charge in [-0.1, -0.05) is 6.07 Å². The van der Waals surface area contributed by atoms with Crippen molar-refractivity contribution in [3.63, 3.8) is 0 Å². The molecule has 9 heteroatoms. The Labute approximate surface area is 166 Å². The van der Waals surface area contributed by atoms with Crippen molar-refractivity contribution in [2.45, 2.75) is 26.9 Å². The van der Waals surface area contributed by atoms with E-state index in [1.807, 2.05) is 19.9 Å². The number of aryl methyl sites for hydroxylation is 2. The molecule has 1 aromatic heterocycles. The zero-order chi connectivity index (χ0) is 20.8. The number of benzene rings is 1. The number of thiophene rings is 1. The van der Waals surface area contributed by atoms with Crippen molar-refractivity contribution in [2.24, 2.45) is 5.73 Å². The molecule has 0 aliphatic rings. The fourth-order valence-corrected chi connectivity index (χ4v) is 3.04. The molecule has 0 radical (unpaired) electrons. The predicted octanol–water partition coefficient (Wildman–Crippen LogP) is 1.76. The third-order valence-electron chi connectivity index (χ3n) is 4.01. The van der Waals surface area contributed by atoms with Crippen molar-refractivity contribution < 1.29 is 23.9 Å². The second-order valence-electron chi connectivity index (χ2n) is 6.13. The molecule has 1 aromatic carbocycles. The van der Waals surface area contributed by atoms with E-state index in [9.17, 15) is 19.2 Å². The minimum atomic E-state index is -1.12. The highest BCUT2D eigenvalue weighted by molar-refractivity contribution is 7.14. The van der Waals surface area contributed by atoms with Crippen molar-refractivity contribution in [3.8, 4) is 0 Å². The number of hydrogen-bond donors (Lipinski definition) is 3. The number of nitrogens with two attached hydrogens (primary N) is 1. The molecular formula is C19H21N3O5S. The van der Waals surface area contributed by atoms with Crippen LogP contribution in [-0.4, -0.2) is 36.3 Å². The molecule has 0 saturated heterocycles. The third kappa shape index (κ3) is 5.40. The van der Waals surface area contributed by atoms with Crippen LogP contribution in [0.3, 0.4) is 0 Å². The minimum Gasteiger partial charge on any atom is -0.451 e. The van der Waals surface area contributed by atoms with Gasteiger partial charge in [-0.15, -0.1) is 11.3 Å². The van der Waals surface area contributed by atoms with Gasteiger partial charge in [0.05, 0.1) is 5.56 Å². The summed E-state index contributed by atoms with van der Waals surface area (Å²) in [6, 6.07) is 6.70. The van der Waals surface area contributed by atoms with E-state index in [2.05, 4.69) is 10.6 Å². The molecule has 2 rings (SSSR count). The zero-order valence-corrected chi connectivity index (χ0v) is 16.5. The molecular weight excluding hydrogens is 382 g/mol. The van der Waals surface area contributed by atoms with Gasteiger partial charge < -0.3 is 21.1 Å². The van der Waals surface area contributed by atoms with Crippen molar-refractivity contribution in [1.82, 2.24) is 5.32 Å². The van der Waals surface area contributed by atoms with Crippen LogP contribution < -0.4 is 16.4 Å². The summed E-state index contributed by atoms with van der Waals surface area (Å²) in [5, 5.41) is 6.84. The fraction of sp³-hybridized carbons (Fsp3) is 0.263. The molecule has 4 N–H and O–H groups in total. The summed E-state index contributed by atoms with van der Waals surface area (Å²) >= 11 is 1.13. The average Bonchev–Trinajstić information content (AvgIpc) is 3.10. The number of ether oxygens (including phenoxy) is 1. The lowest BCUT2D eigenvalue weighted by atomic mass is 10.1. The number of amides is 3. The maximum absolute atomic E-state index is 12.1. The van der Waals surface area contributed by atoms with Gasteiger partial charge in [0.15, 0.2) is 6.10 Å². The summed E-state index contributed by atoms with van der Waals surface area (Å²) in [5.41, 5.74) is 7.84. The number of nitrogens with one attached hydrogen (secondary N) is 2. The first kappa shape index (κ1) is 21.1. The van der Waals surface area contributed by atoms with E-state index in [-0.39, 0.29) is 17.1 Å². The molecule has 148 valence electrons. The first-order valence-electron chi connectivity index (χ1n) is 8.42. The van der Waals surface area contributed by atoms with Gasteiger partial charge in [-0.05, 0) is 55.5 Å². The van der Waals surface area contributed by atoms with Gasteiger partial charge >= 0.3 is 5.97 Å². The molecule has 0 bridgehead atoms. The first-order chi connectivity index (χ1) is 13.2. The SMILES string of the molecule is Cc1ccc(C(=O)NCC(=O)OC(C)C(=O)Nc2sccc2C(N)=O)cc1C. The molecule has 8 nitrogen and oxygen atoms in total. The maximum atomic E-state index is 12.1. The molecule has 28 heavy (non-hydrogen) atoms. The minimum absolute atomic E-state index is 0.178. The summed E-state index contributed by atoms with van der Waals surface area (Å²) in [4.78, 5) is 47.4. The fourth-order valence-electron chi connectivity index (χ4n) is 2.24. The van der Waals surface area contributed by atoms with Crippen LogP contribution in [0.2, 0.25) is 0 Å². The van der Waals surface area contributed by atoms with Crippen molar-refractivity contribution in [1.29, 1.82) is 0 Å². The van der Waals surface area contributed by atoms with E-state index in [4.69, 9.17) is 10.5 Å². The number of hydrogen-bond acceptors (Lipinski definition) is 6.